The number of amides is 1. The van der Waals surface area contributed by atoms with Gasteiger partial charge in [0.1, 0.15) is 12.2 Å². The fraction of sp³-hybridized carbons (Fsp3) is 0.471. The van der Waals surface area contributed by atoms with E-state index in [2.05, 4.69) is 28.0 Å². The Morgan fingerprint density at radius 3 is 3.29 bits per heavy atom. The molecule has 3 heterocycles. The Bertz CT molecular complexity index is 681. The van der Waals surface area contributed by atoms with E-state index in [1.54, 1.807) is 23.7 Å². The average Bonchev–Trinajstić information content (AvgIpc) is 3.24. The summed E-state index contributed by atoms with van der Waals surface area (Å²) in [5.74, 6) is 1.13. The summed E-state index contributed by atoms with van der Waals surface area (Å²) in [5.41, 5.74) is 0. The number of hydrogen-bond donors (Lipinski definition) is 1. The predicted octanol–water partition coefficient (Wildman–Crippen LogP) is 1.85. The standard InChI is InChI=1S/C17H23N5OS/c1-3-8-21(11-15-5-4-9-24-15)17(23)13(2)20-14-6-7-16-18-12-19-22(16)10-14/h3-5,9,12-14,20H,1,6-8,10-11H2,2H3. The average molecular weight is 345 g/mol. The van der Waals surface area contributed by atoms with Crippen LogP contribution in [0.2, 0.25) is 0 Å². The van der Waals surface area contributed by atoms with Crippen LogP contribution in [0.15, 0.2) is 36.5 Å². The largest absolute Gasteiger partial charge is 0.333 e. The monoisotopic (exact) mass is 345 g/mol. The van der Waals surface area contributed by atoms with Crippen LogP contribution in [0.3, 0.4) is 0 Å². The number of nitrogens with one attached hydrogen (secondary N) is 1. The van der Waals surface area contributed by atoms with Gasteiger partial charge in [-0.05, 0) is 24.8 Å². The summed E-state index contributed by atoms with van der Waals surface area (Å²) < 4.78 is 1.92. The third kappa shape index (κ3) is 3.91. The molecule has 6 nitrogen and oxygen atoms in total. The molecule has 0 fully saturated rings. The van der Waals surface area contributed by atoms with Crippen LogP contribution in [0.25, 0.3) is 0 Å². The Kier molecular flexibility index (Phi) is 5.42. The van der Waals surface area contributed by atoms with Gasteiger partial charge in [0.05, 0.1) is 19.1 Å². The van der Waals surface area contributed by atoms with Crippen LogP contribution >= 0.6 is 11.3 Å². The number of nitrogens with zero attached hydrogens (tertiary/aromatic N) is 4. The molecule has 7 heteroatoms. The van der Waals surface area contributed by atoms with E-state index in [0.717, 1.165) is 25.2 Å². The van der Waals surface area contributed by atoms with Crippen LogP contribution in [0.1, 0.15) is 24.0 Å². The van der Waals surface area contributed by atoms with Gasteiger partial charge in [0.2, 0.25) is 5.91 Å². The highest BCUT2D eigenvalue weighted by Gasteiger charge is 2.26. The summed E-state index contributed by atoms with van der Waals surface area (Å²) in [7, 11) is 0. The number of thiophene rings is 1. The van der Waals surface area contributed by atoms with E-state index < -0.39 is 0 Å². The van der Waals surface area contributed by atoms with Crippen molar-refractivity contribution in [3.8, 4) is 0 Å². The topological polar surface area (TPSA) is 63.1 Å². The summed E-state index contributed by atoms with van der Waals surface area (Å²) in [4.78, 5) is 20.1. The van der Waals surface area contributed by atoms with Gasteiger partial charge in [0.25, 0.3) is 0 Å². The Balaban J connectivity index is 1.59. The number of carbonyl (C=O) groups is 1. The van der Waals surface area contributed by atoms with Crippen molar-refractivity contribution in [3.63, 3.8) is 0 Å². The molecule has 2 aromatic heterocycles. The lowest BCUT2D eigenvalue weighted by atomic mass is 10.1. The Morgan fingerprint density at radius 1 is 1.67 bits per heavy atom. The van der Waals surface area contributed by atoms with Crippen LogP contribution in [-0.2, 0) is 24.3 Å². The van der Waals surface area contributed by atoms with E-state index >= 15 is 0 Å². The van der Waals surface area contributed by atoms with Crippen LogP contribution < -0.4 is 5.32 Å². The highest BCUT2D eigenvalue weighted by molar-refractivity contribution is 7.09. The van der Waals surface area contributed by atoms with Gasteiger partial charge < -0.3 is 10.2 Å². The fourth-order valence-electron chi connectivity index (χ4n) is 3.05. The zero-order chi connectivity index (χ0) is 16.9. The molecule has 0 bridgehead atoms. The first kappa shape index (κ1) is 16.9. The molecule has 0 aromatic carbocycles. The second-order valence-corrected chi connectivity index (χ2v) is 7.10. The normalized spacial score (nSPS) is 18.0. The van der Waals surface area contributed by atoms with Crippen molar-refractivity contribution >= 4 is 17.2 Å². The molecule has 2 unspecified atom stereocenters. The molecule has 1 aliphatic heterocycles. The maximum absolute atomic E-state index is 12.8. The van der Waals surface area contributed by atoms with Crippen LogP contribution in [0.5, 0.6) is 0 Å². The first-order valence-electron chi connectivity index (χ1n) is 8.22. The van der Waals surface area contributed by atoms with Crippen LogP contribution in [-0.4, -0.2) is 44.2 Å². The van der Waals surface area contributed by atoms with Gasteiger partial charge >= 0.3 is 0 Å². The highest BCUT2D eigenvalue weighted by atomic mass is 32.1. The van der Waals surface area contributed by atoms with Crippen molar-refractivity contribution in [2.75, 3.05) is 6.54 Å². The lowest BCUT2D eigenvalue weighted by molar-refractivity contribution is -0.133. The van der Waals surface area contributed by atoms with Crippen LogP contribution in [0.4, 0.5) is 0 Å². The molecule has 0 aliphatic carbocycles. The molecule has 0 spiro atoms. The molecule has 24 heavy (non-hydrogen) atoms. The Morgan fingerprint density at radius 2 is 2.54 bits per heavy atom. The maximum Gasteiger partial charge on any atom is 0.240 e. The molecule has 128 valence electrons. The second kappa shape index (κ2) is 7.72. The number of rotatable bonds is 7. The molecule has 0 radical (unpaired) electrons. The third-order valence-electron chi connectivity index (χ3n) is 4.25. The zero-order valence-electron chi connectivity index (χ0n) is 13.9. The van der Waals surface area contributed by atoms with Gasteiger partial charge in [-0.15, -0.1) is 17.9 Å². The van der Waals surface area contributed by atoms with E-state index in [9.17, 15) is 4.79 Å². The maximum atomic E-state index is 12.8. The minimum atomic E-state index is -0.236. The summed E-state index contributed by atoms with van der Waals surface area (Å²) in [5, 5.41) is 9.72. The van der Waals surface area contributed by atoms with Gasteiger partial charge in [-0.25, -0.2) is 9.67 Å². The highest BCUT2D eigenvalue weighted by Crippen LogP contribution is 2.15. The first-order chi connectivity index (χ1) is 11.7. The predicted molar refractivity (Wildman–Crippen MR) is 94.7 cm³/mol. The van der Waals surface area contributed by atoms with Crippen molar-refractivity contribution in [1.29, 1.82) is 0 Å². The number of hydrogen-bond acceptors (Lipinski definition) is 5. The van der Waals surface area contributed by atoms with Crippen molar-refractivity contribution in [3.05, 3.63) is 47.2 Å². The van der Waals surface area contributed by atoms with E-state index in [0.29, 0.717) is 13.1 Å². The third-order valence-corrected chi connectivity index (χ3v) is 5.11. The lowest BCUT2D eigenvalue weighted by Gasteiger charge is -2.29. The van der Waals surface area contributed by atoms with Crippen LogP contribution in [0, 0.1) is 0 Å². The molecular weight excluding hydrogens is 322 g/mol. The molecular formula is C17H23N5OS. The van der Waals surface area contributed by atoms with Gasteiger partial charge in [-0.2, -0.15) is 5.10 Å². The first-order valence-corrected chi connectivity index (χ1v) is 9.10. The molecule has 3 rings (SSSR count). The number of aromatic nitrogens is 3. The lowest BCUT2D eigenvalue weighted by Crippen LogP contribution is -2.50. The zero-order valence-corrected chi connectivity index (χ0v) is 14.7. The van der Waals surface area contributed by atoms with E-state index in [1.165, 1.54) is 4.88 Å². The van der Waals surface area contributed by atoms with Crippen molar-refractivity contribution in [2.45, 2.75) is 44.9 Å². The fourth-order valence-corrected chi connectivity index (χ4v) is 3.77. The summed E-state index contributed by atoms with van der Waals surface area (Å²) in [6, 6.07) is 4.07. The Labute approximate surface area is 146 Å². The second-order valence-electron chi connectivity index (χ2n) is 6.07. The summed E-state index contributed by atoms with van der Waals surface area (Å²) in [6.45, 7) is 7.66. The SMILES string of the molecule is C=CCN(Cc1cccs1)C(=O)C(C)NC1CCc2ncnn2C1. The van der Waals surface area contributed by atoms with Crippen molar-refractivity contribution in [1.82, 2.24) is 25.0 Å². The summed E-state index contributed by atoms with van der Waals surface area (Å²) >= 11 is 1.67. The Hall–Kier alpha value is -1.99. The molecule has 1 N–H and O–H groups in total. The molecule has 2 aromatic rings. The van der Waals surface area contributed by atoms with Gasteiger partial charge in [0.15, 0.2) is 0 Å². The smallest absolute Gasteiger partial charge is 0.240 e. The van der Waals surface area contributed by atoms with Gasteiger partial charge in [-0.3, -0.25) is 4.79 Å². The quantitative estimate of drug-likeness (QED) is 0.778. The minimum absolute atomic E-state index is 0.104. The molecule has 0 saturated carbocycles. The number of aryl methyl sites for hydroxylation is 1. The summed E-state index contributed by atoms with van der Waals surface area (Å²) in [6.07, 6.45) is 5.24. The van der Waals surface area contributed by atoms with Gasteiger partial charge in [-0.1, -0.05) is 12.1 Å². The molecule has 0 saturated heterocycles. The van der Waals surface area contributed by atoms with Gasteiger partial charge in [0, 0.05) is 23.9 Å². The van der Waals surface area contributed by atoms with E-state index in [1.807, 2.05) is 28.0 Å². The molecule has 1 aliphatic rings. The number of carbonyl (C=O) groups excluding carboxylic acids is 1. The van der Waals surface area contributed by atoms with E-state index in [4.69, 9.17) is 0 Å². The molecule has 2 atom stereocenters. The van der Waals surface area contributed by atoms with Crippen molar-refractivity contribution < 1.29 is 4.79 Å². The number of fused-ring (bicyclic) bond motifs is 1. The molecule has 1 amide bonds. The van der Waals surface area contributed by atoms with Crippen molar-refractivity contribution in [2.24, 2.45) is 0 Å². The minimum Gasteiger partial charge on any atom is -0.333 e. The van der Waals surface area contributed by atoms with E-state index in [-0.39, 0.29) is 18.0 Å².